The van der Waals surface area contributed by atoms with Gasteiger partial charge in [0, 0.05) is 9.85 Å². The van der Waals surface area contributed by atoms with Crippen LogP contribution < -0.4 is 15.5 Å². The fraction of sp³-hybridized carbons (Fsp3) is 0.267. The Kier molecular flexibility index (Phi) is 3.60. The summed E-state index contributed by atoms with van der Waals surface area (Å²) in [4.78, 5) is 30.1. The van der Waals surface area contributed by atoms with Crippen molar-refractivity contribution in [2.75, 3.05) is 5.32 Å². The number of hydrogen-bond acceptors (Lipinski definition) is 6. The number of thiazole rings is 1. The Balaban J connectivity index is 1.62. The van der Waals surface area contributed by atoms with Gasteiger partial charge in [-0.05, 0) is 28.1 Å². The summed E-state index contributed by atoms with van der Waals surface area (Å²) < 4.78 is 49.4. The van der Waals surface area contributed by atoms with Gasteiger partial charge in [-0.25, -0.2) is 4.98 Å². The first-order chi connectivity index (χ1) is 13.2. The molecule has 5 rings (SSSR count). The average molecular weight is 476 g/mol. The third kappa shape index (κ3) is 2.33. The minimum atomic E-state index is -5.00. The lowest BCUT2D eigenvalue weighted by molar-refractivity contribution is -0.219. The van der Waals surface area contributed by atoms with E-state index in [0.717, 1.165) is 15.9 Å². The fourth-order valence-corrected chi connectivity index (χ4v) is 4.39. The van der Waals surface area contributed by atoms with Crippen molar-refractivity contribution in [2.45, 2.75) is 24.2 Å². The third-order valence-electron chi connectivity index (χ3n) is 4.62. The van der Waals surface area contributed by atoms with Crippen LogP contribution in [0.15, 0.2) is 32.8 Å². The van der Waals surface area contributed by atoms with E-state index in [0.29, 0.717) is 10.2 Å². The van der Waals surface area contributed by atoms with Crippen LogP contribution in [0.25, 0.3) is 11.0 Å². The molecule has 0 spiro atoms. The Labute approximate surface area is 165 Å². The van der Waals surface area contributed by atoms with Gasteiger partial charge in [0.25, 0.3) is 11.6 Å². The summed E-state index contributed by atoms with van der Waals surface area (Å²) in [6.45, 7) is 0. The minimum absolute atomic E-state index is 0.119. The molecule has 1 fully saturated rings. The van der Waals surface area contributed by atoms with Gasteiger partial charge >= 0.3 is 11.0 Å². The first kappa shape index (κ1) is 17.8. The maximum atomic E-state index is 14.3. The molecule has 0 bridgehead atoms. The van der Waals surface area contributed by atoms with Gasteiger partial charge in [-0.3, -0.25) is 24.8 Å². The number of carbonyl (C=O) groups excluding carboxylic acids is 1. The lowest BCUT2D eigenvalue weighted by Crippen LogP contribution is -2.62. The largest absolute Gasteiger partial charge is 0.435 e. The summed E-state index contributed by atoms with van der Waals surface area (Å²) >= 11 is 4.13. The zero-order valence-corrected chi connectivity index (χ0v) is 15.9. The van der Waals surface area contributed by atoms with E-state index in [1.165, 1.54) is 11.4 Å². The lowest BCUT2D eigenvalue weighted by Gasteiger charge is -2.31. The second-order valence-electron chi connectivity index (χ2n) is 6.27. The van der Waals surface area contributed by atoms with E-state index in [1.807, 2.05) is 0 Å². The van der Waals surface area contributed by atoms with E-state index < -0.39 is 30.1 Å². The number of nitrogens with one attached hydrogen (secondary N) is 3. The highest BCUT2D eigenvalue weighted by Gasteiger charge is 2.69. The van der Waals surface area contributed by atoms with Crippen molar-refractivity contribution in [3.63, 3.8) is 0 Å². The number of carbonyl (C=O) groups is 1. The van der Waals surface area contributed by atoms with Gasteiger partial charge in [0.15, 0.2) is 0 Å². The topological polar surface area (TPSA) is 104 Å². The number of halogens is 4. The van der Waals surface area contributed by atoms with Gasteiger partial charge in [-0.15, -0.1) is 0 Å². The molecular weight excluding hydrogens is 467 g/mol. The smallest absolute Gasteiger partial charge is 0.346 e. The summed E-state index contributed by atoms with van der Waals surface area (Å²) in [5, 5.41) is 5.97. The zero-order chi connectivity index (χ0) is 19.8. The molecule has 0 saturated carbocycles. The van der Waals surface area contributed by atoms with E-state index in [2.05, 4.69) is 36.5 Å². The monoisotopic (exact) mass is 475 g/mol. The minimum Gasteiger partial charge on any atom is -0.346 e. The number of aromatic amines is 1. The molecule has 13 heteroatoms. The number of rotatable bonds is 3. The van der Waals surface area contributed by atoms with Crippen LogP contribution in [0.1, 0.15) is 11.8 Å². The maximum absolute atomic E-state index is 14.3. The number of alkyl halides is 3. The predicted octanol–water partition coefficient (Wildman–Crippen LogP) is 2.40. The van der Waals surface area contributed by atoms with Crippen molar-refractivity contribution < 1.29 is 22.7 Å². The number of hydrogen-bond donors (Lipinski definition) is 3. The Bertz CT molecular complexity index is 1190. The summed E-state index contributed by atoms with van der Waals surface area (Å²) in [6, 6.07) is 4.64. The number of para-hydroxylation sites is 1. The highest BCUT2D eigenvalue weighted by molar-refractivity contribution is 9.10. The second kappa shape index (κ2) is 5.65. The van der Waals surface area contributed by atoms with Crippen molar-refractivity contribution in [1.29, 1.82) is 0 Å². The van der Waals surface area contributed by atoms with Gasteiger partial charge in [-0.1, -0.05) is 17.4 Å². The number of ether oxygens (including phenoxy) is 1. The fourth-order valence-electron chi connectivity index (χ4n) is 3.35. The van der Waals surface area contributed by atoms with Crippen molar-refractivity contribution in [2.24, 2.45) is 0 Å². The zero-order valence-electron chi connectivity index (χ0n) is 13.5. The molecule has 3 N–H and O–H groups in total. The highest BCUT2D eigenvalue weighted by atomic mass is 79.9. The van der Waals surface area contributed by atoms with Gasteiger partial charge in [-0.2, -0.15) is 13.2 Å². The molecule has 2 aliphatic rings. The van der Waals surface area contributed by atoms with Crippen LogP contribution in [0.2, 0.25) is 0 Å². The van der Waals surface area contributed by atoms with Crippen LogP contribution in [0, 0.1) is 0 Å². The molecule has 3 unspecified atom stereocenters. The van der Waals surface area contributed by atoms with E-state index >= 15 is 0 Å². The Hall–Kier alpha value is -2.22. The van der Waals surface area contributed by atoms with E-state index in [1.54, 1.807) is 12.1 Å². The SMILES string of the molecule is O=C1Nc2nc3c(Br)cccc3n2C1(NC1OC1c1csc(=O)[nH]1)C(F)(F)F. The molecule has 1 amide bonds. The van der Waals surface area contributed by atoms with Gasteiger partial charge < -0.3 is 9.72 Å². The average Bonchev–Trinajstić information content (AvgIpc) is 2.92. The number of amides is 1. The van der Waals surface area contributed by atoms with Gasteiger partial charge in [0.1, 0.15) is 17.8 Å². The molecule has 4 heterocycles. The maximum Gasteiger partial charge on any atom is 0.435 e. The predicted molar refractivity (Wildman–Crippen MR) is 95.8 cm³/mol. The molecule has 1 saturated heterocycles. The molecule has 146 valence electrons. The van der Waals surface area contributed by atoms with Gasteiger partial charge in [0.2, 0.25) is 5.95 Å². The number of anilines is 1. The second-order valence-corrected chi connectivity index (χ2v) is 7.96. The summed E-state index contributed by atoms with van der Waals surface area (Å²) in [5.41, 5.74) is -2.35. The number of aromatic nitrogens is 3. The molecule has 2 aromatic heterocycles. The molecule has 3 atom stereocenters. The van der Waals surface area contributed by atoms with Gasteiger partial charge in [0.05, 0.1) is 11.2 Å². The Morgan fingerprint density at radius 2 is 2.14 bits per heavy atom. The van der Waals surface area contributed by atoms with Crippen LogP contribution in [0.3, 0.4) is 0 Å². The Morgan fingerprint density at radius 1 is 1.36 bits per heavy atom. The van der Waals surface area contributed by atoms with Crippen molar-refractivity contribution >= 4 is 50.2 Å². The number of imidazole rings is 1. The number of fused-ring (bicyclic) bond motifs is 3. The first-order valence-electron chi connectivity index (χ1n) is 7.89. The van der Waals surface area contributed by atoms with E-state index in [4.69, 9.17) is 4.74 Å². The lowest BCUT2D eigenvalue weighted by atomic mass is 10.1. The number of H-pyrrole nitrogens is 1. The van der Waals surface area contributed by atoms with E-state index in [-0.39, 0.29) is 21.9 Å². The van der Waals surface area contributed by atoms with Crippen molar-refractivity contribution in [3.05, 3.63) is 43.4 Å². The summed E-state index contributed by atoms with van der Waals surface area (Å²) in [6.07, 6.45) is -6.92. The summed E-state index contributed by atoms with van der Waals surface area (Å²) in [5.74, 6) is -1.53. The normalized spacial score (nSPS) is 26.5. The molecule has 0 aliphatic carbocycles. The van der Waals surface area contributed by atoms with Crippen LogP contribution in [-0.2, 0) is 15.2 Å². The highest BCUT2D eigenvalue weighted by Crippen LogP contribution is 2.48. The number of epoxide rings is 1. The van der Waals surface area contributed by atoms with Crippen LogP contribution in [0.5, 0.6) is 0 Å². The number of nitrogens with zero attached hydrogens (tertiary/aromatic N) is 2. The quantitative estimate of drug-likeness (QED) is 0.504. The van der Waals surface area contributed by atoms with Crippen molar-refractivity contribution in [1.82, 2.24) is 19.9 Å². The van der Waals surface area contributed by atoms with Crippen LogP contribution >= 0.6 is 27.3 Å². The van der Waals surface area contributed by atoms with E-state index in [9.17, 15) is 22.8 Å². The van der Waals surface area contributed by atoms with Crippen LogP contribution in [-0.4, -0.2) is 32.8 Å². The molecule has 28 heavy (non-hydrogen) atoms. The molecule has 2 aliphatic heterocycles. The molecule has 1 aromatic carbocycles. The molecule has 0 radical (unpaired) electrons. The summed E-state index contributed by atoms with van der Waals surface area (Å²) in [7, 11) is 0. The first-order valence-corrected chi connectivity index (χ1v) is 9.56. The van der Waals surface area contributed by atoms with Crippen molar-refractivity contribution in [3.8, 4) is 0 Å². The Morgan fingerprint density at radius 3 is 2.82 bits per heavy atom. The van der Waals surface area contributed by atoms with Crippen LogP contribution in [0.4, 0.5) is 19.1 Å². The molecule has 8 nitrogen and oxygen atoms in total. The number of benzene rings is 1. The third-order valence-corrected chi connectivity index (χ3v) is 5.95. The standard InChI is InChI=1S/C15H9BrF3N5O3S/c16-5-2-1-3-7-8(5)21-12-22-11(25)14(24(7)12,15(17,18)19)23-10-9(27-10)6-4-28-13(26)20-6/h1-4,9-10,23H,(H,20,26)(H,21,22,25). The molecule has 3 aromatic rings. The molecular formula is C15H9BrF3N5O3S.